The number of aromatic hydroxyl groups is 1. The molecule has 1 aliphatic carbocycles. The first-order valence-electron chi connectivity index (χ1n) is 8.23. The van der Waals surface area contributed by atoms with E-state index >= 15 is 0 Å². The lowest BCUT2D eigenvalue weighted by Gasteiger charge is -2.40. The molecule has 2 fully saturated rings. The molecular formula is C18H28N2O2. The Bertz CT molecular complexity index is 662. The Morgan fingerprint density at radius 1 is 1.32 bits per heavy atom. The van der Waals surface area contributed by atoms with Gasteiger partial charge in [-0.25, -0.2) is 0 Å². The average molecular weight is 304 g/mol. The summed E-state index contributed by atoms with van der Waals surface area (Å²) in [5.41, 5.74) is 2.13. The molecule has 0 aromatic carbocycles. The van der Waals surface area contributed by atoms with Gasteiger partial charge in [0.15, 0.2) is 5.75 Å². The summed E-state index contributed by atoms with van der Waals surface area (Å²) in [4.78, 5) is 14.4. The third-order valence-electron chi connectivity index (χ3n) is 5.66. The van der Waals surface area contributed by atoms with Crippen LogP contribution in [-0.2, 0) is 13.6 Å². The van der Waals surface area contributed by atoms with Crippen LogP contribution in [0.5, 0.6) is 5.75 Å². The van der Waals surface area contributed by atoms with Crippen molar-refractivity contribution < 1.29 is 5.11 Å². The Hall–Kier alpha value is -1.29. The summed E-state index contributed by atoms with van der Waals surface area (Å²) in [5, 5.41) is 10.2. The van der Waals surface area contributed by atoms with E-state index in [1.54, 1.807) is 0 Å². The molecule has 2 bridgehead atoms. The molecule has 1 aromatic heterocycles. The molecule has 0 radical (unpaired) electrons. The molecule has 0 spiro atoms. The molecule has 22 heavy (non-hydrogen) atoms. The molecule has 122 valence electrons. The van der Waals surface area contributed by atoms with Crippen LogP contribution in [0.3, 0.4) is 0 Å². The summed E-state index contributed by atoms with van der Waals surface area (Å²) < 4.78 is 1.95. The molecule has 1 N–H and O–H groups in total. The molecule has 1 aliphatic heterocycles. The molecule has 1 saturated heterocycles. The van der Waals surface area contributed by atoms with E-state index in [2.05, 4.69) is 25.7 Å². The largest absolute Gasteiger partial charge is 0.503 e. The summed E-state index contributed by atoms with van der Waals surface area (Å²) in [6, 6.07) is 2.06. The number of pyridine rings is 1. The van der Waals surface area contributed by atoms with Crippen molar-refractivity contribution in [3.63, 3.8) is 0 Å². The van der Waals surface area contributed by atoms with Crippen LogP contribution in [0.4, 0.5) is 0 Å². The van der Waals surface area contributed by atoms with Gasteiger partial charge in [-0.2, -0.15) is 0 Å². The number of hydrogen-bond acceptors (Lipinski definition) is 3. The Kier molecular flexibility index (Phi) is 3.44. The molecule has 0 amide bonds. The number of nitrogens with zero attached hydrogens (tertiary/aromatic N) is 2. The van der Waals surface area contributed by atoms with Crippen LogP contribution in [-0.4, -0.2) is 27.2 Å². The molecule has 2 aliphatic rings. The number of rotatable bonds is 2. The number of aryl methyl sites for hydroxylation is 1. The molecule has 4 heteroatoms. The lowest BCUT2D eigenvalue weighted by atomic mass is 9.65. The van der Waals surface area contributed by atoms with Crippen molar-refractivity contribution in [1.82, 2.24) is 9.47 Å². The molecule has 4 nitrogen and oxygen atoms in total. The van der Waals surface area contributed by atoms with Gasteiger partial charge in [-0.05, 0) is 37.0 Å². The predicted octanol–water partition coefficient (Wildman–Crippen LogP) is 2.80. The Morgan fingerprint density at radius 2 is 2.00 bits per heavy atom. The molecule has 1 aromatic rings. The summed E-state index contributed by atoms with van der Waals surface area (Å²) in [6.07, 6.45) is 3.69. The van der Waals surface area contributed by atoms with Crippen LogP contribution in [0.25, 0.3) is 0 Å². The number of fused-ring (bicyclic) bond motifs is 2. The number of aromatic nitrogens is 1. The number of likely N-dealkylation sites (tertiary alicyclic amines) is 1. The number of hydrogen-bond donors (Lipinski definition) is 1. The topological polar surface area (TPSA) is 45.5 Å². The van der Waals surface area contributed by atoms with Crippen molar-refractivity contribution >= 4 is 0 Å². The summed E-state index contributed by atoms with van der Waals surface area (Å²) >= 11 is 0. The minimum atomic E-state index is -0.265. The van der Waals surface area contributed by atoms with Crippen molar-refractivity contribution in [1.29, 1.82) is 0 Å². The first kappa shape index (κ1) is 15.6. The second-order valence-corrected chi connectivity index (χ2v) is 8.62. The van der Waals surface area contributed by atoms with Crippen LogP contribution in [0, 0.1) is 17.8 Å². The van der Waals surface area contributed by atoms with Crippen LogP contribution in [0.1, 0.15) is 51.4 Å². The Balaban J connectivity index is 1.91. The van der Waals surface area contributed by atoms with Crippen molar-refractivity contribution in [3.05, 3.63) is 27.7 Å². The van der Waals surface area contributed by atoms with Gasteiger partial charge < -0.3 is 9.67 Å². The van der Waals surface area contributed by atoms with Gasteiger partial charge in [0.05, 0.1) is 5.69 Å². The zero-order chi connectivity index (χ0) is 16.3. The lowest BCUT2D eigenvalue weighted by Crippen LogP contribution is -2.35. The minimum Gasteiger partial charge on any atom is -0.503 e. The summed E-state index contributed by atoms with van der Waals surface area (Å²) in [6.45, 7) is 10.7. The van der Waals surface area contributed by atoms with Gasteiger partial charge in [-0.3, -0.25) is 9.69 Å². The molecule has 2 atom stereocenters. The average Bonchev–Trinajstić information content (AvgIpc) is 2.61. The first-order valence-corrected chi connectivity index (χ1v) is 8.23. The zero-order valence-electron chi connectivity index (χ0n) is 14.4. The van der Waals surface area contributed by atoms with Gasteiger partial charge in [0.2, 0.25) is 5.43 Å². The van der Waals surface area contributed by atoms with E-state index in [1.165, 1.54) is 25.3 Å². The smallest absolute Gasteiger partial charge is 0.223 e. The second-order valence-electron chi connectivity index (χ2n) is 8.62. The normalized spacial score (nSPS) is 30.7. The fraction of sp³-hybridized carbons (Fsp3) is 0.722. The quantitative estimate of drug-likeness (QED) is 0.914. The minimum absolute atomic E-state index is 0.0843. The highest BCUT2D eigenvalue weighted by Crippen LogP contribution is 2.52. The van der Waals surface area contributed by atoms with E-state index in [0.717, 1.165) is 17.9 Å². The van der Waals surface area contributed by atoms with Crippen molar-refractivity contribution in [2.75, 3.05) is 6.54 Å². The second kappa shape index (κ2) is 4.85. The molecule has 0 unspecified atom stereocenters. The van der Waals surface area contributed by atoms with Gasteiger partial charge in [-0.15, -0.1) is 0 Å². The maximum atomic E-state index is 11.9. The molecule has 2 heterocycles. The Morgan fingerprint density at radius 3 is 2.68 bits per heavy atom. The van der Waals surface area contributed by atoms with Gasteiger partial charge in [-0.1, -0.05) is 20.8 Å². The van der Waals surface area contributed by atoms with Crippen molar-refractivity contribution in [2.24, 2.45) is 17.9 Å². The van der Waals surface area contributed by atoms with E-state index in [-0.39, 0.29) is 11.2 Å². The van der Waals surface area contributed by atoms with Gasteiger partial charge >= 0.3 is 0 Å². The standard InChI is InChI=1S/C18H28N2O2/c1-12-6-15(21)16(22)14(19(12)5)9-20-11-18(4)8-13(20)7-17(2,3)10-18/h6,13,22H,7-11H2,1-5H3/t13-,18-/m0/s1. The highest BCUT2D eigenvalue weighted by atomic mass is 16.3. The van der Waals surface area contributed by atoms with Crippen LogP contribution in [0.15, 0.2) is 10.9 Å². The maximum absolute atomic E-state index is 11.9. The third kappa shape index (κ3) is 2.58. The first-order chi connectivity index (χ1) is 10.1. The molecular weight excluding hydrogens is 276 g/mol. The van der Waals surface area contributed by atoms with Gasteiger partial charge in [0, 0.05) is 37.9 Å². The van der Waals surface area contributed by atoms with Crippen LogP contribution in [0.2, 0.25) is 0 Å². The Labute approximate surface area is 132 Å². The zero-order valence-corrected chi connectivity index (χ0v) is 14.4. The molecule has 1 saturated carbocycles. The van der Waals surface area contributed by atoms with Crippen LogP contribution < -0.4 is 5.43 Å². The molecule has 3 rings (SSSR count). The fourth-order valence-electron chi connectivity index (χ4n) is 5.00. The summed E-state index contributed by atoms with van der Waals surface area (Å²) in [7, 11) is 1.93. The van der Waals surface area contributed by atoms with E-state index in [0.29, 0.717) is 23.4 Å². The fourth-order valence-corrected chi connectivity index (χ4v) is 5.00. The van der Waals surface area contributed by atoms with E-state index in [9.17, 15) is 9.90 Å². The van der Waals surface area contributed by atoms with Crippen LogP contribution >= 0.6 is 0 Å². The van der Waals surface area contributed by atoms with E-state index in [4.69, 9.17) is 0 Å². The SMILES string of the molecule is Cc1cc(=O)c(O)c(CN2C[C@@]3(C)C[C@@H]2CC(C)(C)C3)n1C. The van der Waals surface area contributed by atoms with Crippen molar-refractivity contribution in [3.8, 4) is 5.75 Å². The van der Waals surface area contributed by atoms with Crippen molar-refractivity contribution in [2.45, 2.75) is 59.5 Å². The van der Waals surface area contributed by atoms with Gasteiger partial charge in [0.25, 0.3) is 0 Å². The highest BCUT2D eigenvalue weighted by Gasteiger charge is 2.49. The lowest BCUT2D eigenvalue weighted by molar-refractivity contribution is 0.126. The monoisotopic (exact) mass is 304 g/mol. The summed E-state index contributed by atoms with van der Waals surface area (Å²) in [5.74, 6) is -0.0843. The predicted molar refractivity (Wildman–Crippen MR) is 88.0 cm³/mol. The maximum Gasteiger partial charge on any atom is 0.223 e. The van der Waals surface area contributed by atoms with Gasteiger partial charge in [0.1, 0.15) is 0 Å². The third-order valence-corrected chi connectivity index (χ3v) is 5.66. The highest BCUT2D eigenvalue weighted by molar-refractivity contribution is 5.29. The van der Waals surface area contributed by atoms with E-state index < -0.39 is 0 Å². The van der Waals surface area contributed by atoms with E-state index in [1.807, 2.05) is 18.5 Å².